The van der Waals surface area contributed by atoms with Crippen molar-refractivity contribution < 1.29 is 9.59 Å². The number of hydrogen-bond acceptors (Lipinski definition) is 2. The fraction of sp³-hybridized carbons (Fsp3) is 0.857. The number of rotatable bonds is 8. The second kappa shape index (κ2) is 5.72. The fourth-order valence-corrected chi connectivity index (χ4v) is 2.28. The summed E-state index contributed by atoms with van der Waals surface area (Å²) >= 11 is 0. The van der Waals surface area contributed by atoms with Crippen molar-refractivity contribution in [2.75, 3.05) is 6.54 Å². The van der Waals surface area contributed by atoms with E-state index in [4.69, 9.17) is 0 Å². The highest BCUT2D eigenvalue weighted by molar-refractivity contribution is 5.85. The Morgan fingerprint density at radius 2 is 2.00 bits per heavy atom. The summed E-state index contributed by atoms with van der Waals surface area (Å²) in [6.07, 6.45) is 7.66. The average Bonchev–Trinajstić information content (AvgIpc) is 3.20. The molecular formula is C14H24N2O2. The van der Waals surface area contributed by atoms with E-state index >= 15 is 0 Å². The molecule has 0 atom stereocenters. The maximum Gasteiger partial charge on any atom is 0.226 e. The predicted octanol–water partition coefficient (Wildman–Crippen LogP) is 1.74. The van der Waals surface area contributed by atoms with Crippen LogP contribution in [0.25, 0.3) is 0 Å². The summed E-state index contributed by atoms with van der Waals surface area (Å²) in [6.45, 7) is 2.71. The van der Waals surface area contributed by atoms with Gasteiger partial charge in [-0.15, -0.1) is 0 Å². The van der Waals surface area contributed by atoms with Crippen molar-refractivity contribution in [2.45, 2.75) is 64.3 Å². The average molecular weight is 252 g/mol. The summed E-state index contributed by atoms with van der Waals surface area (Å²) in [4.78, 5) is 23.3. The van der Waals surface area contributed by atoms with Gasteiger partial charge in [-0.2, -0.15) is 0 Å². The highest BCUT2D eigenvalue weighted by atomic mass is 16.2. The number of carbonyl (C=O) groups is 2. The first kappa shape index (κ1) is 13.4. The van der Waals surface area contributed by atoms with E-state index in [1.165, 1.54) is 0 Å². The molecule has 102 valence electrons. The third-order valence-electron chi connectivity index (χ3n) is 3.88. The smallest absolute Gasteiger partial charge is 0.226 e. The largest absolute Gasteiger partial charge is 0.356 e. The Morgan fingerprint density at radius 1 is 1.28 bits per heavy atom. The Bertz CT molecular complexity index is 320. The van der Waals surface area contributed by atoms with Crippen LogP contribution < -0.4 is 10.6 Å². The number of carbonyl (C=O) groups excluding carboxylic acids is 2. The lowest BCUT2D eigenvalue weighted by molar-refractivity contribution is -0.126. The standard InChI is InChI=1S/C14H24N2O2/c1-2-4-12(17)15-10-3-7-14(8-9-14)13(18)16-11-5-6-11/h11H,2-10H2,1H3,(H,15,17)(H,16,18). The van der Waals surface area contributed by atoms with Crippen LogP contribution in [-0.2, 0) is 9.59 Å². The molecule has 0 saturated heterocycles. The van der Waals surface area contributed by atoms with E-state index in [-0.39, 0.29) is 17.2 Å². The highest BCUT2D eigenvalue weighted by Crippen LogP contribution is 2.50. The first-order valence-corrected chi connectivity index (χ1v) is 7.24. The molecule has 0 aliphatic heterocycles. The number of nitrogens with one attached hydrogen (secondary N) is 2. The van der Waals surface area contributed by atoms with Gasteiger partial charge in [-0.25, -0.2) is 0 Å². The third-order valence-corrected chi connectivity index (χ3v) is 3.88. The van der Waals surface area contributed by atoms with E-state index < -0.39 is 0 Å². The van der Waals surface area contributed by atoms with Gasteiger partial charge in [-0.05, 0) is 44.9 Å². The van der Waals surface area contributed by atoms with Gasteiger partial charge >= 0.3 is 0 Å². The van der Waals surface area contributed by atoms with Crippen LogP contribution >= 0.6 is 0 Å². The Morgan fingerprint density at radius 3 is 2.56 bits per heavy atom. The molecule has 4 nitrogen and oxygen atoms in total. The zero-order valence-electron chi connectivity index (χ0n) is 11.3. The molecule has 0 aromatic carbocycles. The van der Waals surface area contributed by atoms with Crippen LogP contribution in [0.2, 0.25) is 0 Å². The van der Waals surface area contributed by atoms with E-state index in [0.29, 0.717) is 19.0 Å². The van der Waals surface area contributed by atoms with Crippen LogP contribution in [-0.4, -0.2) is 24.4 Å². The van der Waals surface area contributed by atoms with Gasteiger partial charge in [-0.1, -0.05) is 6.92 Å². The Labute approximate surface area is 109 Å². The quantitative estimate of drug-likeness (QED) is 0.646. The minimum atomic E-state index is -0.0852. The van der Waals surface area contributed by atoms with Crippen molar-refractivity contribution in [1.29, 1.82) is 0 Å². The zero-order valence-corrected chi connectivity index (χ0v) is 11.3. The van der Waals surface area contributed by atoms with E-state index in [9.17, 15) is 9.59 Å². The number of amides is 2. The lowest BCUT2D eigenvalue weighted by atomic mass is 9.99. The van der Waals surface area contributed by atoms with Gasteiger partial charge in [0.1, 0.15) is 0 Å². The van der Waals surface area contributed by atoms with Gasteiger partial charge in [0.2, 0.25) is 11.8 Å². The molecule has 4 heteroatoms. The molecule has 2 N–H and O–H groups in total. The summed E-state index contributed by atoms with van der Waals surface area (Å²) in [7, 11) is 0. The van der Waals surface area contributed by atoms with Crippen LogP contribution in [0.15, 0.2) is 0 Å². The van der Waals surface area contributed by atoms with Gasteiger partial charge in [0.25, 0.3) is 0 Å². The van der Waals surface area contributed by atoms with Gasteiger partial charge < -0.3 is 10.6 Å². The van der Waals surface area contributed by atoms with Crippen LogP contribution in [0.4, 0.5) is 0 Å². The molecule has 2 fully saturated rings. The molecule has 2 amide bonds. The summed E-state index contributed by atoms with van der Waals surface area (Å²) in [6, 6.07) is 0.458. The predicted molar refractivity (Wildman–Crippen MR) is 70.0 cm³/mol. The van der Waals surface area contributed by atoms with Gasteiger partial charge in [0.05, 0.1) is 0 Å². The van der Waals surface area contributed by atoms with Crippen LogP contribution in [0.1, 0.15) is 58.3 Å². The molecule has 0 radical (unpaired) electrons. The molecule has 18 heavy (non-hydrogen) atoms. The maximum atomic E-state index is 12.0. The molecule has 2 saturated carbocycles. The van der Waals surface area contributed by atoms with E-state index in [0.717, 1.165) is 44.9 Å². The molecule has 0 bridgehead atoms. The van der Waals surface area contributed by atoms with Crippen molar-refractivity contribution in [2.24, 2.45) is 5.41 Å². The van der Waals surface area contributed by atoms with E-state index in [2.05, 4.69) is 10.6 Å². The lowest BCUT2D eigenvalue weighted by Gasteiger charge is -2.15. The second-order valence-electron chi connectivity index (χ2n) is 5.73. The normalized spacial score (nSPS) is 20.3. The molecule has 0 heterocycles. The lowest BCUT2D eigenvalue weighted by Crippen LogP contribution is -2.34. The molecular weight excluding hydrogens is 228 g/mol. The topological polar surface area (TPSA) is 58.2 Å². The first-order chi connectivity index (χ1) is 8.66. The summed E-state index contributed by atoms with van der Waals surface area (Å²) in [5, 5.41) is 6.01. The van der Waals surface area contributed by atoms with Crippen LogP contribution in [0, 0.1) is 5.41 Å². The van der Waals surface area contributed by atoms with Crippen molar-refractivity contribution in [3.8, 4) is 0 Å². The summed E-state index contributed by atoms with van der Waals surface area (Å²) in [5.41, 5.74) is -0.0852. The van der Waals surface area contributed by atoms with Crippen molar-refractivity contribution in [3.05, 3.63) is 0 Å². The van der Waals surface area contributed by atoms with Crippen molar-refractivity contribution in [1.82, 2.24) is 10.6 Å². The molecule has 2 rings (SSSR count). The molecule has 0 aromatic heterocycles. The van der Waals surface area contributed by atoms with Crippen LogP contribution in [0.5, 0.6) is 0 Å². The summed E-state index contributed by atoms with van der Waals surface area (Å²) < 4.78 is 0. The number of hydrogen-bond donors (Lipinski definition) is 2. The molecule has 0 spiro atoms. The van der Waals surface area contributed by atoms with E-state index in [1.54, 1.807) is 0 Å². The fourth-order valence-electron chi connectivity index (χ4n) is 2.28. The van der Waals surface area contributed by atoms with Crippen molar-refractivity contribution in [3.63, 3.8) is 0 Å². The van der Waals surface area contributed by atoms with Crippen molar-refractivity contribution >= 4 is 11.8 Å². The SMILES string of the molecule is CCCC(=O)NCCCC1(C(=O)NC2CC2)CC1. The maximum absolute atomic E-state index is 12.0. The second-order valence-corrected chi connectivity index (χ2v) is 5.73. The third kappa shape index (κ3) is 3.72. The Balaban J connectivity index is 1.60. The molecule has 2 aliphatic rings. The zero-order chi connectivity index (χ0) is 13.0. The van der Waals surface area contributed by atoms with Crippen LogP contribution in [0.3, 0.4) is 0 Å². The molecule has 0 aromatic rings. The molecule has 2 aliphatic carbocycles. The van der Waals surface area contributed by atoms with Gasteiger partial charge in [0.15, 0.2) is 0 Å². The monoisotopic (exact) mass is 252 g/mol. The van der Waals surface area contributed by atoms with Gasteiger partial charge in [0, 0.05) is 24.4 Å². The van der Waals surface area contributed by atoms with E-state index in [1.807, 2.05) is 6.92 Å². The summed E-state index contributed by atoms with van der Waals surface area (Å²) in [5.74, 6) is 0.384. The van der Waals surface area contributed by atoms with Gasteiger partial charge in [-0.3, -0.25) is 9.59 Å². The highest BCUT2D eigenvalue weighted by Gasteiger charge is 2.49. The Hall–Kier alpha value is -1.06. The molecule has 0 unspecified atom stereocenters. The Kier molecular flexibility index (Phi) is 4.25. The minimum Gasteiger partial charge on any atom is -0.356 e. The minimum absolute atomic E-state index is 0.0852. The first-order valence-electron chi connectivity index (χ1n) is 7.24.